The lowest BCUT2D eigenvalue weighted by atomic mass is 10.0. The van der Waals surface area contributed by atoms with Crippen LogP contribution in [0.5, 0.6) is 0 Å². The summed E-state index contributed by atoms with van der Waals surface area (Å²) in [6.45, 7) is 0.721. The summed E-state index contributed by atoms with van der Waals surface area (Å²) in [7, 11) is -1.45. The maximum Gasteiger partial charge on any atom is 0.241 e. The minimum absolute atomic E-state index is 0.221. The van der Waals surface area contributed by atoms with E-state index in [0.29, 0.717) is 16.7 Å². The van der Waals surface area contributed by atoms with E-state index >= 15 is 0 Å². The number of sulfonamides is 1. The average Bonchev–Trinajstić information content (AvgIpc) is 2.84. The van der Waals surface area contributed by atoms with Crippen LogP contribution in [0.3, 0.4) is 0 Å². The molecule has 4 rings (SSSR count). The molecule has 4 atom stereocenters. The highest BCUT2D eigenvalue weighted by atomic mass is 32.2. The number of hydrogen-bond acceptors (Lipinski definition) is 4. The lowest BCUT2D eigenvalue weighted by Crippen LogP contribution is -2.29. The fourth-order valence-corrected chi connectivity index (χ4v) is 7.09. The van der Waals surface area contributed by atoms with Crippen molar-refractivity contribution in [2.45, 2.75) is 36.7 Å². The van der Waals surface area contributed by atoms with Crippen LogP contribution in [0.15, 0.2) is 16.3 Å². The Balaban J connectivity index is 1.48. The Morgan fingerprint density at radius 1 is 1.30 bits per heavy atom. The summed E-state index contributed by atoms with van der Waals surface area (Å²) in [6, 6.07) is 2.01. The first-order valence-corrected chi connectivity index (χ1v) is 9.71. The molecule has 2 N–H and O–H groups in total. The molecule has 0 saturated heterocycles. The number of hydrogen-bond donors (Lipinski definition) is 2. The number of thiophene rings is 1. The molecule has 1 heterocycles. The summed E-state index contributed by atoms with van der Waals surface area (Å²) < 4.78 is 27.8. The maximum atomic E-state index is 12.4. The Kier molecular flexibility index (Phi) is 3.00. The van der Waals surface area contributed by atoms with E-state index in [0.717, 1.165) is 23.3 Å². The predicted octanol–water partition coefficient (Wildman–Crippen LogP) is 1.79. The quantitative estimate of drug-likeness (QED) is 0.871. The molecule has 0 aliphatic heterocycles. The molecule has 4 nitrogen and oxygen atoms in total. The van der Waals surface area contributed by atoms with Gasteiger partial charge in [0.05, 0.1) is 4.90 Å². The number of fused-ring (bicyclic) bond motifs is 5. The fourth-order valence-electron chi connectivity index (χ4n) is 4.50. The van der Waals surface area contributed by atoms with E-state index in [1.165, 1.54) is 30.6 Å². The van der Waals surface area contributed by atoms with Gasteiger partial charge in [-0.05, 0) is 56.0 Å². The SMILES string of the molecule is CNCc1cc(S(=O)(=O)NC2C3C4CCC(C4)C23)cs1. The van der Waals surface area contributed by atoms with E-state index in [4.69, 9.17) is 0 Å². The molecule has 3 aliphatic rings. The third-order valence-electron chi connectivity index (χ3n) is 5.32. The van der Waals surface area contributed by atoms with Gasteiger partial charge in [0, 0.05) is 22.8 Å². The zero-order chi connectivity index (χ0) is 13.9. The second-order valence-electron chi connectivity index (χ2n) is 6.41. The Labute approximate surface area is 124 Å². The van der Waals surface area contributed by atoms with Gasteiger partial charge in [0.1, 0.15) is 0 Å². The van der Waals surface area contributed by atoms with E-state index in [-0.39, 0.29) is 6.04 Å². The first kappa shape index (κ1) is 13.2. The zero-order valence-electron chi connectivity index (χ0n) is 11.5. The third kappa shape index (κ3) is 1.96. The van der Waals surface area contributed by atoms with Gasteiger partial charge in [0.25, 0.3) is 0 Å². The second kappa shape index (κ2) is 4.53. The summed E-state index contributed by atoms with van der Waals surface area (Å²) in [4.78, 5) is 1.49. The van der Waals surface area contributed by atoms with Gasteiger partial charge in [-0.15, -0.1) is 11.3 Å². The molecule has 3 aliphatic carbocycles. The molecule has 1 aromatic heterocycles. The molecule has 0 aromatic carbocycles. The Bertz CT molecular complexity index is 609. The Morgan fingerprint density at radius 2 is 2.00 bits per heavy atom. The smallest absolute Gasteiger partial charge is 0.241 e. The van der Waals surface area contributed by atoms with Crippen molar-refractivity contribution in [3.63, 3.8) is 0 Å². The van der Waals surface area contributed by atoms with Crippen LogP contribution in [0.1, 0.15) is 24.1 Å². The highest BCUT2D eigenvalue weighted by molar-refractivity contribution is 7.89. The summed E-state index contributed by atoms with van der Waals surface area (Å²) >= 11 is 1.50. The lowest BCUT2D eigenvalue weighted by Gasteiger charge is -2.10. The van der Waals surface area contributed by atoms with Gasteiger partial charge in [-0.25, -0.2) is 13.1 Å². The van der Waals surface area contributed by atoms with Crippen LogP contribution in [-0.2, 0) is 16.6 Å². The standard InChI is InChI=1S/C14H20N2O2S2/c1-15-6-10-5-11(7-19-10)20(17,18)16-14-12-8-2-3-9(4-8)13(12)14/h5,7-9,12-16H,2-4,6H2,1H3. The Hall–Kier alpha value is -0.430. The van der Waals surface area contributed by atoms with Crippen molar-refractivity contribution in [2.75, 3.05) is 7.05 Å². The van der Waals surface area contributed by atoms with Crippen molar-refractivity contribution in [2.24, 2.45) is 23.7 Å². The third-order valence-corrected chi connectivity index (χ3v) is 7.84. The predicted molar refractivity (Wildman–Crippen MR) is 79.0 cm³/mol. The zero-order valence-corrected chi connectivity index (χ0v) is 13.1. The molecular formula is C14H20N2O2S2. The minimum Gasteiger partial charge on any atom is -0.315 e. The van der Waals surface area contributed by atoms with E-state index in [2.05, 4.69) is 10.0 Å². The van der Waals surface area contributed by atoms with E-state index < -0.39 is 10.0 Å². The molecule has 0 radical (unpaired) electrons. The van der Waals surface area contributed by atoms with Crippen molar-refractivity contribution in [3.8, 4) is 0 Å². The first-order chi connectivity index (χ1) is 9.60. The maximum absolute atomic E-state index is 12.4. The van der Waals surface area contributed by atoms with Crippen LogP contribution >= 0.6 is 11.3 Å². The van der Waals surface area contributed by atoms with Gasteiger partial charge >= 0.3 is 0 Å². The fraction of sp³-hybridized carbons (Fsp3) is 0.714. The monoisotopic (exact) mass is 312 g/mol. The normalized spacial score (nSPS) is 38.1. The van der Waals surface area contributed by atoms with Crippen molar-refractivity contribution in [1.29, 1.82) is 0 Å². The highest BCUT2D eigenvalue weighted by Crippen LogP contribution is 2.65. The van der Waals surface area contributed by atoms with Crippen LogP contribution in [0.2, 0.25) is 0 Å². The molecular weight excluding hydrogens is 292 g/mol. The van der Waals surface area contributed by atoms with Gasteiger partial charge in [0.2, 0.25) is 10.0 Å². The molecule has 110 valence electrons. The van der Waals surface area contributed by atoms with Crippen LogP contribution in [0.4, 0.5) is 0 Å². The van der Waals surface area contributed by atoms with Gasteiger partial charge in [-0.2, -0.15) is 0 Å². The highest BCUT2D eigenvalue weighted by Gasteiger charge is 2.65. The summed E-state index contributed by atoms with van der Waals surface area (Å²) in [5, 5.41) is 4.80. The van der Waals surface area contributed by atoms with Crippen LogP contribution < -0.4 is 10.0 Å². The van der Waals surface area contributed by atoms with E-state index in [1.54, 1.807) is 11.4 Å². The molecule has 4 unspecified atom stereocenters. The van der Waals surface area contributed by atoms with E-state index in [1.807, 2.05) is 7.05 Å². The molecule has 20 heavy (non-hydrogen) atoms. The molecule has 3 saturated carbocycles. The second-order valence-corrected chi connectivity index (χ2v) is 9.12. The first-order valence-electron chi connectivity index (χ1n) is 7.34. The van der Waals surface area contributed by atoms with Gasteiger partial charge in [0.15, 0.2) is 0 Å². The Morgan fingerprint density at radius 3 is 2.65 bits per heavy atom. The van der Waals surface area contributed by atoms with Crippen molar-refractivity contribution in [3.05, 3.63) is 16.3 Å². The van der Waals surface area contributed by atoms with Crippen molar-refractivity contribution >= 4 is 21.4 Å². The molecule has 1 aromatic rings. The molecule has 2 bridgehead atoms. The molecule has 6 heteroatoms. The van der Waals surface area contributed by atoms with Crippen LogP contribution in [0, 0.1) is 23.7 Å². The number of rotatable bonds is 5. The van der Waals surface area contributed by atoms with Crippen LogP contribution in [0.25, 0.3) is 0 Å². The van der Waals surface area contributed by atoms with Gasteiger partial charge < -0.3 is 5.32 Å². The van der Waals surface area contributed by atoms with Gasteiger partial charge in [-0.1, -0.05) is 0 Å². The van der Waals surface area contributed by atoms with Crippen molar-refractivity contribution in [1.82, 2.24) is 10.0 Å². The minimum atomic E-state index is -3.32. The lowest BCUT2D eigenvalue weighted by molar-refractivity contribution is 0.456. The van der Waals surface area contributed by atoms with Gasteiger partial charge in [-0.3, -0.25) is 0 Å². The average molecular weight is 312 g/mol. The van der Waals surface area contributed by atoms with Crippen LogP contribution in [-0.4, -0.2) is 21.5 Å². The molecule has 0 amide bonds. The largest absolute Gasteiger partial charge is 0.315 e. The number of nitrogens with one attached hydrogen (secondary N) is 2. The van der Waals surface area contributed by atoms with Crippen molar-refractivity contribution < 1.29 is 8.42 Å². The molecule has 0 spiro atoms. The molecule has 3 fully saturated rings. The topological polar surface area (TPSA) is 58.2 Å². The summed E-state index contributed by atoms with van der Waals surface area (Å²) in [5.41, 5.74) is 0. The summed E-state index contributed by atoms with van der Waals surface area (Å²) in [5.74, 6) is 2.86. The van der Waals surface area contributed by atoms with E-state index in [9.17, 15) is 8.42 Å². The summed E-state index contributed by atoms with van der Waals surface area (Å²) in [6.07, 6.45) is 3.97.